The SMILES string of the molecule is Cc1cc(NC(=O)C2CCCC2C)ccc1Br. The summed E-state index contributed by atoms with van der Waals surface area (Å²) in [5.41, 5.74) is 2.04. The molecule has 2 rings (SSSR count). The Morgan fingerprint density at radius 2 is 2.18 bits per heavy atom. The Morgan fingerprint density at radius 1 is 1.41 bits per heavy atom. The van der Waals surface area contributed by atoms with E-state index < -0.39 is 0 Å². The Kier molecular flexibility index (Phi) is 3.87. The molecule has 0 bridgehead atoms. The minimum atomic E-state index is 0.178. The lowest BCUT2D eigenvalue weighted by Gasteiger charge is -2.15. The van der Waals surface area contributed by atoms with Gasteiger partial charge in [0.1, 0.15) is 0 Å². The van der Waals surface area contributed by atoms with Gasteiger partial charge in [0.15, 0.2) is 0 Å². The van der Waals surface area contributed by atoms with Gasteiger partial charge in [0, 0.05) is 16.1 Å². The van der Waals surface area contributed by atoms with E-state index in [2.05, 4.69) is 28.2 Å². The number of hydrogen-bond acceptors (Lipinski definition) is 1. The maximum atomic E-state index is 12.1. The second kappa shape index (κ2) is 5.21. The quantitative estimate of drug-likeness (QED) is 0.873. The van der Waals surface area contributed by atoms with Crippen LogP contribution in [0, 0.1) is 18.8 Å². The van der Waals surface area contributed by atoms with Crippen molar-refractivity contribution in [2.75, 3.05) is 5.32 Å². The molecule has 0 heterocycles. The Labute approximate surface area is 111 Å². The largest absolute Gasteiger partial charge is 0.326 e. The molecule has 2 atom stereocenters. The Hall–Kier alpha value is -0.830. The fourth-order valence-corrected chi connectivity index (χ4v) is 2.74. The molecule has 1 saturated carbocycles. The molecule has 17 heavy (non-hydrogen) atoms. The van der Waals surface area contributed by atoms with Gasteiger partial charge in [-0.25, -0.2) is 0 Å². The Bertz CT molecular complexity index is 430. The maximum Gasteiger partial charge on any atom is 0.227 e. The van der Waals surface area contributed by atoms with Crippen LogP contribution in [0.1, 0.15) is 31.7 Å². The van der Waals surface area contributed by atoms with Crippen molar-refractivity contribution in [3.05, 3.63) is 28.2 Å². The van der Waals surface area contributed by atoms with Crippen LogP contribution in [0.4, 0.5) is 5.69 Å². The molecule has 0 aliphatic heterocycles. The monoisotopic (exact) mass is 295 g/mol. The van der Waals surface area contributed by atoms with Gasteiger partial charge in [0.25, 0.3) is 0 Å². The summed E-state index contributed by atoms with van der Waals surface area (Å²) in [5, 5.41) is 3.02. The fraction of sp³-hybridized carbons (Fsp3) is 0.500. The minimum Gasteiger partial charge on any atom is -0.326 e. The molecule has 0 aromatic heterocycles. The number of rotatable bonds is 2. The minimum absolute atomic E-state index is 0.178. The zero-order valence-corrected chi connectivity index (χ0v) is 11.9. The highest BCUT2D eigenvalue weighted by Gasteiger charge is 2.29. The van der Waals surface area contributed by atoms with Gasteiger partial charge in [-0.3, -0.25) is 4.79 Å². The van der Waals surface area contributed by atoms with E-state index in [1.165, 1.54) is 12.8 Å². The van der Waals surface area contributed by atoms with E-state index in [9.17, 15) is 4.79 Å². The second-order valence-electron chi connectivity index (χ2n) is 4.97. The molecular weight excluding hydrogens is 278 g/mol. The van der Waals surface area contributed by atoms with E-state index in [-0.39, 0.29) is 11.8 Å². The maximum absolute atomic E-state index is 12.1. The second-order valence-corrected chi connectivity index (χ2v) is 5.82. The number of hydrogen-bond donors (Lipinski definition) is 1. The van der Waals surface area contributed by atoms with Crippen LogP contribution in [0.3, 0.4) is 0 Å². The first-order valence-corrected chi connectivity index (χ1v) is 6.94. The fourth-order valence-electron chi connectivity index (χ4n) is 2.49. The lowest BCUT2D eigenvalue weighted by molar-refractivity contribution is -0.120. The first-order chi connectivity index (χ1) is 8.08. The van der Waals surface area contributed by atoms with E-state index in [1.54, 1.807) is 0 Å². The molecule has 1 amide bonds. The third-order valence-corrected chi connectivity index (χ3v) is 4.51. The van der Waals surface area contributed by atoms with Crippen LogP contribution in [0.2, 0.25) is 0 Å². The van der Waals surface area contributed by atoms with Crippen molar-refractivity contribution in [2.24, 2.45) is 11.8 Å². The highest BCUT2D eigenvalue weighted by molar-refractivity contribution is 9.10. The standard InChI is InChI=1S/C14H18BrNO/c1-9-4-3-5-12(9)14(17)16-11-6-7-13(15)10(2)8-11/h6-9,12H,3-5H2,1-2H3,(H,16,17). The van der Waals surface area contributed by atoms with Gasteiger partial charge in [0.05, 0.1) is 0 Å². The summed E-state index contributed by atoms with van der Waals surface area (Å²) < 4.78 is 1.07. The van der Waals surface area contributed by atoms with Crippen molar-refractivity contribution in [1.82, 2.24) is 0 Å². The number of nitrogens with one attached hydrogen (secondary N) is 1. The zero-order chi connectivity index (χ0) is 12.4. The van der Waals surface area contributed by atoms with Crippen LogP contribution in [0.25, 0.3) is 0 Å². The summed E-state index contributed by atoms with van der Waals surface area (Å²) in [6, 6.07) is 5.92. The summed E-state index contributed by atoms with van der Waals surface area (Å²) in [5.74, 6) is 0.891. The lowest BCUT2D eigenvalue weighted by Crippen LogP contribution is -2.24. The molecule has 1 fully saturated rings. The van der Waals surface area contributed by atoms with Crippen LogP contribution in [0.15, 0.2) is 22.7 Å². The number of anilines is 1. The summed E-state index contributed by atoms with van der Waals surface area (Å²) >= 11 is 3.46. The van der Waals surface area contributed by atoms with Crippen LogP contribution in [0.5, 0.6) is 0 Å². The molecule has 1 aromatic carbocycles. The summed E-state index contributed by atoms with van der Waals surface area (Å²) in [7, 11) is 0. The first kappa shape index (κ1) is 12.6. The molecule has 92 valence electrons. The molecule has 0 radical (unpaired) electrons. The zero-order valence-electron chi connectivity index (χ0n) is 10.3. The molecule has 0 saturated heterocycles. The van der Waals surface area contributed by atoms with Crippen molar-refractivity contribution in [1.29, 1.82) is 0 Å². The van der Waals surface area contributed by atoms with Gasteiger partial charge in [0.2, 0.25) is 5.91 Å². The highest BCUT2D eigenvalue weighted by atomic mass is 79.9. The average Bonchev–Trinajstić information content (AvgIpc) is 2.70. The van der Waals surface area contributed by atoms with Crippen LogP contribution < -0.4 is 5.32 Å². The molecule has 0 spiro atoms. The Balaban J connectivity index is 2.05. The predicted octanol–water partition coefficient (Wildman–Crippen LogP) is 4.13. The van der Waals surface area contributed by atoms with Gasteiger partial charge >= 0.3 is 0 Å². The lowest BCUT2D eigenvalue weighted by atomic mass is 9.97. The van der Waals surface area contributed by atoms with Crippen LogP contribution >= 0.6 is 15.9 Å². The van der Waals surface area contributed by atoms with Gasteiger partial charge < -0.3 is 5.32 Å². The highest BCUT2D eigenvalue weighted by Crippen LogP contribution is 2.32. The molecular formula is C14H18BrNO. The van der Waals surface area contributed by atoms with Crippen molar-refractivity contribution < 1.29 is 4.79 Å². The number of carbonyl (C=O) groups is 1. The number of halogens is 1. The topological polar surface area (TPSA) is 29.1 Å². The molecule has 2 unspecified atom stereocenters. The van der Waals surface area contributed by atoms with Crippen LogP contribution in [-0.4, -0.2) is 5.91 Å². The molecule has 3 heteroatoms. The van der Waals surface area contributed by atoms with Gasteiger partial charge in [-0.15, -0.1) is 0 Å². The summed E-state index contributed by atoms with van der Waals surface area (Å²) in [6.07, 6.45) is 3.39. The molecule has 1 N–H and O–H groups in total. The third kappa shape index (κ3) is 2.89. The van der Waals surface area contributed by atoms with E-state index in [4.69, 9.17) is 0 Å². The normalized spacial score (nSPS) is 23.7. The predicted molar refractivity (Wildman–Crippen MR) is 74.0 cm³/mol. The first-order valence-electron chi connectivity index (χ1n) is 6.15. The summed E-state index contributed by atoms with van der Waals surface area (Å²) in [6.45, 7) is 4.20. The van der Waals surface area contributed by atoms with Crippen molar-refractivity contribution >= 4 is 27.5 Å². The number of amides is 1. The number of carbonyl (C=O) groups excluding carboxylic acids is 1. The summed E-state index contributed by atoms with van der Waals surface area (Å²) in [4.78, 5) is 12.1. The van der Waals surface area contributed by atoms with Crippen molar-refractivity contribution in [3.8, 4) is 0 Å². The van der Waals surface area contributed by atoms with E-state index in [1.807, 2.05) is 25.1 Å². The average molecular weight is 296 g/mol. The molecule has 1 aliphatic carbocycles. The smallest absolute Gasteiger partial charge is 0.227 e. The van der Waals surface area contributed by atoms with Crippen molar-refractivity contribution in [2.45, 2.75) is 33.1 Å². The molecule has 1 aliphatic rings. The van der Waals surface area contributed by atoms with Gasteiger partial charge in [-0.05, 0) is 49.4 Å². The molecule has 1 aromatic rings. The Morgan fingerprint density at radius 3 is 2.76 bits per heavy atom. The van der Waals surface area contributed by atoms with Crippen LogP contribution in [-0.2, 0) is 4.79 Å². The molecule has 2 nitrogen and oxygen atoms in total. The van der Waals surface area contributed by atoms with E-state index >= 15 is 0 Å². The number of aryl methyl sites for hydroxylation is 1. The number of benzene rings is 1. The van der Waals surface area contributed by atoms with E-state index in [0.29, 0.717) is 5.92 Å². The van der Waals surface area contributed by atoms with Crippen molar-refractivity contribution in [3.63, 3.8) is 0 Å². The van der Waals surface area contributed by atoms with E-state index in [0.717, 1.165) is 22.1 Å². The van der Waals surface area contributed by atoms with Gasteiger partial charge in [-0.1, -0.05) is 29.3 Å². The third-order valence-electron chi connectivity index (χ3n) is 3.62. The van der Waals surface area contributed by atoms with Gasteiger partial charge in [-0.2, -0.15) is 0 Å².